The van der Waals surface area contributed by atoms with Crippen LogP contribution in [0.15, 0.2) is 40.9 Å². The van der Waals surface area contributed by atoms with Crippen LogP contribution in [0.5, 0.6) is 0 Å². The third kappa shape index (κ3) is 2.25. The summed E-state index contributed by atoms with van der Waals surface area (Å²) >= 11 is 3.54. The molecule has 4 heteroatoms. The second-order valence-electron chi connectivity index (χ2n) is 4.86. The van der Waals surface area contributed by atoms with Crippen LogP contribution in [0.4, 0.5) is 17.1 Å². The van der Waals surface area contributed by atoms with Crippen molar-refractivity contribution in [2.45, 2.75) is 6.92 Å². The summed E-state index contributed by atoms with van der Waals surface area (Å²) in [5, 5.41) is 12.4. The largest absolute Gasteiger partial charge is 0.382 e. The third-order valence-corrected chi connectivity index (χ3v) is 4.41. The van der Waals surface area contributed by atoms with Crippen LogP contribution in [0.1, 0.15) is 11.1 Å². The molecule has 0 unspecified atom stereocenters. The molecule has 1 heterocycles. The molecule has 1 N–H and O–H groups in total. The highest BCUT2D eigenvalue weighted by Crippen LogP contribution is 2.36. The number of hydrogen-bond donors (Lipinski definition) is 1. The van der Waals surface area contributed by atoms with Crippen molar-refractivity contribution in [3.63, 3.8) is 0 Å². The molecular weight excluding hydrogens is 314 g/mol. The Hall–Kier alpha value is -1.99. The Kier molecular flexibility index (Phi) is 3.37. The van der Waals surface area contributed by atoms with Crippen molar-refractivity contribution >= 4 is 33.0 Å². The van der Waals surface area contributed by atoms with Crippen LogP contribution in [0, 0.1) is 18.3 Å². The van der Waals surface area contributed by atoms with Crippen molar-refractivity contribution < 1.29 is 0 Å². The smallest absolute Gasteiger partial charge is 0.0992 e. The van der Waals surface area contributed by atoms with Crippen LogP contribution < -0.4 is 10.2 Å². The summed E-state index contributed by atoms with van der Waals surface area (Å²) in [5.74, 6) is 0. The average Bonchev–Trinajstić information content (AvgIpc) is 2.49. The van der Waals surface area contributed by atoms with Gasteiger partial charge in [-0.05, 0) is 48.9 Å². The predicted molar refractivity (Wildman–Crippen MR) is 85.5 cm³/mol. The summed E-state index contributed by atoms with van der Waals surface area (Å²) in [6.07, 6.45) is 0. The highest BCUT2D eigenvalue weighted by molar-refractivity contribution is 9.10. The average molecular weight is 328 g/mol. The number of anilines is 3. The molecule has 0 atom stereocenters. The van der Waals surface area contributed by atoms with Crippen LogP contribution in [0.2, 0.25) is 0 Å². The van der Waals surface area contributed by atoms with E-state index in [4.69, 9.17) is 5.26 Å². The van der Waals surface area contributed by atoms with E-state index in [-0.39, 0.29) is 0 Å². The fourth-order valence-corrected chi connectivity index (χ4v) is 2.72. The first-order chi connectivity index (χ1) is 9.69. The van der Waals surface area contributed by atoms with Gasteiger partial charge in [0, 0.05) is 23.2 Å². The molecule has 1 aliphatic rings. The fraction of sp³-hybridized carbons (Fsp3) is 0.188. The molecule has 0 amide bonds. The zero-order valence-corrected chi connectivity index (χ0v) is 12.7. The van der Waals surface area contributed by atoms with Gasteiger partial charge in [-0.3, -0.25) is 0 Å². The number of aryl methyl sites for hydroxylation is 1. The molecule has 0 spiro atoms. The molecule has 2 aromatic carbocycles. The Bertz CT molecular complexity index is 703. The number of hydrogen-bond acceptors (Lipinski definition) is 3. The lowest BCUT2D eigenvalue weighted by atomic mass is 10.1. The molecule has 100 valence electrons. The molecule has 0 radical (unpaired) electrons. The molecule has 20 heavy (non-hydrogen) atoms. The highest BCUT2D eigenvalue weighted by Gasteiger charge is 2.18. The van der Waals surface area contributed by atoms with E-state index in [2.05, 4.69) is 57.3 Å². The summed E-state index contributed by atoms with van der Waals surface area (Å²) < 4.78 is 1.12. The van der Waals surface area contributed by atoms with Gasteiger partial charge in [-0.15, -0.1) is 0 Å². The topological polar surface area (TPSA) is 39.1 Å². The van der Waals surface area contributed by atoms with Crippen molar-refractivity contribution in [1.82, 2.24) is 0 Å². The maximum absolute atomic E-state index is 8.99. The summed E-state index contributed by atoms with van der Waals surface area (Å²) in [6.45, 7) is 3.88. The molecule has 0 bridgehead atoms. The van der Waals surface area contributed by atoms with Crippen LogP contribution in [0.3, 0.4) is 0 Å². The van der Waals surface area contributed by atoms with Gasteiger partial charge in [-0.1, -0.05) is 15.9 Å². The second-order valence-corrected chi connectivity index (χ2v) is 5.71. The zero-order chi connectivity index (χ0) is 14.1. The standard InChI is InChI=1S/C16H14BrN3/c1-11-8-13(3-4-14(11)17)20-7-6-19-15-9-12(10-18)2-5-16(15)20/h2-5,8-9,19H,6-7H2,1H3. The lowest BCUT2D eigenvalue weighted by Gasteiger charge is -2.32. The molecule has 0 saturated carbocycles. The first-order valence-electron chi connectivity index (χ1n) is 6.51. The van der Waals surface area contributed by atoms with E-state index >= 15 is 0 Å². The Labute approximate surface area is 127 Å². The van der Waals surface area contributed by atoms with E-state index in [1.54, 1.807) is 0 Å². The zero-order valence-electron chi connectivity index (χ0n) is 11.2. The molecule has 0 fully saturated rings. The predicted octanol–water partition coefficient (Wildman–Crippen LogP) is 4.19. The summed E-state index contributed by atoms with van der Waals surface area (Å²) in [5.41, 5.74) is 5.23. The van der Waals surface area contributed by atoms with E-state index in [1.165, 1.54) is 11.3 Å². The number of fused-ring (bicyclic) bond motifs is 1. The number of halogens is 1. The number of rotatable bonds is 1. The molecule has 0 saturated heterocycles. The van der Waals surface area contributed by atoms with E-state index in [0.717, 1.165) is 28.9 Å². The Morgan fingerprint density at radius 2 is 2.10 bits per heavy atom. The number of nitrogens with zero attached hydrogens (tertiary/aromatic N) is 2. The van der Waals surface area contributed by atoms with Gasteiger partial charge in [-0.2, -0.15) is 5.26 Å². The van der Waals surface area contributed by atoms with Gasteiger partial charge in [0.05, 0.1) is 23.0 Å². The Balaban J connectivity index is 2.05. The van der Waals surface area contributed by atoms with Gasteiger partial charge in [-0.25, -0.2) is 0 Å². The SMILES string of the molecule is Cc1cc(N2CCNc3cc(C#N)ccc32)ccc1Br. The summed E-state index contributed by atoms with van der Waals surface area (Å²) in [6, 6.07) is 14.3. The summed E-state index contributed by atoms with van der Waals surface area (Å²) in [4.78, 5) is 2.28. The first-order valence-corrected chi connectivity index (χ1v) is 7.30. The molecule has 1 aliphatic heterocycles. The molecule has 0 aliphatic carbocycles. The minimum Gasteiger partial charge on any atom is -0.382 e. The summed E-state index contributed by atoms with van der Waals surface area (Å²) in [7, 11) is 0. The molecular formula is C16H14BrN3. The van der Waals surface area contributed by atoms with Crippen molar-refractivity contribution in [2.24, 2.45) is 0 Å². The molecule has 3 nitrogen and oxygen atoms in total. The van der Waals surface area contributed by atoms with Gasteiger partial charge in [0.1, 0.15) is 0 Å². The van der Waals surface area contributed by atoms with Gasteiger partial charge >= 0.3 is 0 Å². The number of nitrogens with one attached hydrogen (secondary N) is 1. The molecule has 2 aromatic rings. The maximum atomic E-state index is 8.99. The minimum absolute atomic E-state index is 0.685. The second kappa shape index (κ2) is 5.18. The van der Waals surface area contributed by atoms with E-state index in [1.807, 2.05) is 18.2 Å². The maximum Gasteiger partial charge on any atom is 0.0992 e. The molecule has 3 rings (SSSR count). The number of benzene rings is 2. The first kappa shape index (κ1) is 13.0. The van der Waals surface area contributed by atoms with E-state index < -0.39 is 0 Å². The van der Waals surface area contributed by atoms with Gasteiger partial charge in [0.25, 0.3) is 0 Å². The van der Waals surface area contributed by atoms with Gasteiger partial charge < -0.3 is 10.2 Å². The van der Waals surface area contributed by atoms with Crippen molar-refractivity contribution in [2.75, 3.05) is 23.3 Å². The molecule has 0 aromatic heterocycles. The van der Waals surface area contributed by atoms with Crippen molar-refractivity contribution in [1.29, 1.82) is 5.26 Å². The quantitative estimate of drug-likeness (QED) is 0.853. The Morgan fingerprint density at radius 1 is 1.25 bits per heavy atom. The van der Waals surface area contributed by atoms with Crippen LogP contribution in [0.25, 0.3) is 0 Å². The highest BCUT2D eigenvalue weighted by atomic mass is 79.9. The lowest BCUT2D eigenvalue weighted by Crippen LogP contribution is -2.30. The Morgan fingerprint density at radius 3 is 2.85 bits per heavy atom. The van der Waals surface area contributed by atoms with E-state index in [9.17, 15) is 0 Å². The van der Waals surface area contributed by atoms with E-state index in [0.29, 0.717) is 5.56 Å². The lowest BCUT2D eigenvalue weighted by molar-refractivity contribution is 0.925. The van der Waals surface area contributed by atoms with Crippen LogP contribution in [-0.4, -0.2) is 13.1 Å². The fourth-order valence-electron chi connectivity index (χ4n) is 2.47. The third-order valence-electron chi connectivity index (χ3n) is 3.52. The van der Waals surface area contributed by atoms with Crippen molar-refractivity contribution in [3.8, 4) is 6.07 Å². The van der Waals surface area contributed by atoms with Gasteiger partial charge in [0.15, 0.2) is 0 Å². The monoisotopic (exact) mass is 327 g/mol. The van der Waals surface area contributed by atoms with Crippen LogP contribution >= 0.6 is 15.9 Å². The van der Waals surface area contributed by atoms with Gasteiger partial charge in [0.2, 0.25) is 0 Å². The van der Waals surface area contributed by atoms with Crippen molar-refractivity contribution in [3.05, 3.63) is 52.0 Å². The number of nitriles is 1. The minimum atomic E-state index is 0.685. The normalized spacial score (nSPS) is 13.3. The van der Waals surface area contributed by atoms with Crippen LogP contribution in [-0.2, 0) is 0 Å².